The number of ether oxygens (including phenoxy) is 2. The molecule has 0 unspecified atom stereocenters. The molecule has 0 atom stereocenters. The number of aromatic nitrogens is 2. The van der Waals surface area contributed by atoms with E-state index in [1.54, 1.807) is 38.6 Å². The molecule has 2 aromatic carbocycles. The molecule has 0 saturated carbocycles. The number of nitrogens with zero attached hydrogens (tertiary/aromatic N) is 3. The van der Waals surface area contributed by atoms with Gasteiger partial charge in [-0.05, 0) is 31.0 Å². The van der Waals surface area contributed by atoms with E-state index in [2.05, 4.69) is 15.2 Å². The van der Waals surface area contributed by atoms with Crippen LogP contribution in [0.15, 0.2) is 60.8 Å². The van der Waals surface area contributed by atoms with Crippen LogP contribution < -0.4 is 19.7 Å². The third kappa shape index (κ3) is 4.77. The van der Waals surface area contributed by atoms with Crippen LogP contribution in [0, 0.1) is 5.92 Å². The SMILES string of the molecule is COc1ccc(NC(=O)C2CCN(c3ccnc(-c4ccccc4)n3)CC2)c(OC)c1. The fraction of sp³-hybridized carbons (Fsp3) is 0.292. The molecule has 1 aliphatic rings. The molecule has 4 rings (SSSR count). The van der Waals surface area contributed by atoms with E-state index in [-0.39, 0.29) is 11.8 Å². The number of hydrogen-bond acceptors (Lipinski definition) is 6. The first-order chi connectivity index (χ1) is 15.2. The van der Waals surface area contributed by atoms with Crippen LogP contribution in [0.25, 0.3) is 11.4 Å². The molecule has 0 aliphatic carbocycles. The second kappa shape index (κ2) is 9.47. The average molecular weight is 418 g/mol. The van der Waals surface area contributed by atoms with Crippen molar-refractivity contribution in [2.75, 3.05) is 37.5 Å². The van der Waals surface area contributed by atoms with Gasteiger partial charge in [-0.2, -0.15) is 0 Å². The fourth-order valence-electron chi connectivity index (χ4n) is 3.76. The predicted octanol–water partition coefficient (Wildman–Crippen LogP) is 4.02. The van der Waals surface area contributed by atoms with Gasteiger partial charge in [0.05, 0.1) is 19.9 Å². The van der Waals surface area contributed by atoms with Gasteiger partial charge in [-0.25, -0.2) is 9.97 Å². The van der Waals surface area contributed by atoms with Gasteiger partial charge < -0.3 is 19.7 Å². The third-order valence-electron chi connectivity index (χ3n) is 5.53. The summed E-state index contributed by atoms with van der Waals surface area (Å²) in [5.74, 6) is 2.82. The number of methoxy groups -OCH3 is 2. The van der Waals surface area contributed by atoms with E-state index in [9.17, 15) is 4.79 Å². The topological polar surface area (TPSA) is 76.6 Å². The monoisotopic (exact) mass is 418 g/mol. The molecule has 1 aliphatic heterocycles. The zero-order chi connectivity index (χ0) is 21.6. The van der Waals surface area contributed by atoms with E-state index in [0.717, 1.165) is 37.3 Å². The van der Waals surface area contributed by atoms with E-state index in [1.807, 2.05) is 36.4 Å². The second-order valence-electron chi connectivity index (χ2n) is 7.42. The van der Waals surface area contributed by atoms with Crippen molar-refractivity contribution in [2.45, 2.75) is 12.8 Å². The summed E-state index contributed by atoms with van der Waals surface area (Å²) in [6, 6.07) is 17.2. The summed E-state index contributed by atoms with van der Waals surface area (Å²) in [6.45, 7) is 1.53. The van der Waals surface area contributed by atoms with Crippen LogP contribution in [0.2, 0.25) is 0 Å². The lowest BCUT2D eigenvalue weighted by Crippen LogP contribution is -2.38. The lowest BCUT2D eigenvalue weighted by molar-refractivity contribution is -0.120. The summed E-state index contributed by atoms with van der Waals surface area (Å²) in [5.41, 5.74) is 1.64. The maximum absolute atomic E-state index is 12.8. The molecule has 0 bridgehead atoms. The van der Waals surface area contributed by atoms with Crippen LogP contribution in [-0.2, 0) is 4.79 Å². The predicted molar refractivity (Wildman–Crippen MR) is 121 cm³/mol. The summed E-state index contributed by atoms with van der Waals surface area (Å²) in [4.78, 5) is 24.2. The highest BCUT2D eigenvalue weighted by Gasteiger charge is 2.26. The van der Waals surface area contributed by atoms with Crippen LogP contribution in [0.3, 0.4) is 0 Å². The highest BCUT2D eigenvalue weighted by molar-refractivity contribution is 5.94. The first-order valence-electron chi connectivity index (χ1n) is 10.3. The number of piperidine rings is 1. The van der Waals surface area contributed by atoms with Crippen molar-refractivity contribution >= 4 is 17.4 Å². The van der Waals surface area contributed by atoms with E-state index in [1.165, 1.54) is 0 Å². The molecular weight excluding hydrogens is 392 g/mol. The molecule has 7 nitrogen and oxygen atoms in total. The van der Waals surface area contributed by atoms with Crippen LogP contribution in [0.4, 0.5) is 11.5 Å². The molecule has 1 fully saturated rings. The largest absolute Gasteiger partial charge is 0.497 e. The quantitative estimate of drug-likeness (QED) is 0.652. The Labute approximate surface area is 182 Å². The van der Waals surface area contributed by atoms with Crippen molar-refractivity contribution in [1.82, 2.24) is 9.97 Å². The molecule has 160 valence electrons. The van der Waals surface area contributed by atoms with E-state index < -0.39 is 0 Å². The van der Waals surface area contributed by atoms with Crippen molar-refractivity contribution in [1.29, 1.82) is 0 Å². The molecule has 31 heavy (non-hydrogen) atoms. The molecular formula is C24H26N4O3. The Morgan fingerprint density at radius 3 is 2.52 bits per heavy atom. The summed E-state index contributed by atoms with van der Waals surface area (Å²) in [7, 11) is 3.18. The summed E-state index contributed by atoms with van der Waals surface area (Å²) >= 11 is 0. The zero-order valence-electron chi connectivity index (χ0n) is 17.7. The van der Waals surface area contributed by atoms with Gasteiger partial charge >= 0.3 is 0 Å². The Kier molecular flexibility index (Phi) is 6.31. The first kappa shape index (κ1) is 20.7. The van der Waals surface area contributed by atoms with Crippen molar-refractivity contribution in [3.63, 3.8) is 0 Å². The van der Waals surface area contributed by atoms with Crippen molar-refractivity contribution in [2.24, 2.45) is 5.92 Å². The van der Waals surface area contributed by atoms with Crippen LogP contribution in [0.1, 0.15) is 12.8 Å². The minimum absolute atomic E-state index is 0.00998. The second-order valence-corrected chi connectivity index (χ2v) is 7.42. The number of carbonyl (C=O) groups is 1. The maximum Gasteiger partial charge on any atom is 0.227 e. The average Bonchev–Trinajstić information content (AvgIpc) is 2.85. The van der Waals surface area contributed by atoms with Gasteiger partial charge in [0, 0.05) is 36.8 Å². The summed E-state index contributed by atoms with van der Waals surface area (Å²) < 4.78 is 10.6. The standard InChI is InChI=1S/C24H26N4O3/c1-30-19-8-9-20(21(16-19)31-2)26-24(29)18-11-14-28(15-12-18)22-10-13-25-23(27-22)17-6-4-3-5-7-17/h3-10,13,16,18H,11-12,14-15H2,1-2H3,(H,26,29). The summed E-state index contributed by atoms with van der Waals surface area (Å²) in [6.07, 6.45) is 3.31. The molecule has 1 aromatic heterocycles. The van der Waals surface area contributed by atoms with E-state index in [0.29, 0.717) is 23.0 Å². The maximum atomic E-state index is 12.8. The number of benzene rings is 2. The number of amides is 1. The molecule has 1 N–H and O–H groups in total. The zero-order valence-corrected chi connectivity index (χ0v) is 17.7. The van der Waals surface area contributed by atoms with Gasteiger partial charge in [0.15, 0.2) is 5.82 Å². The smallest absolute Gasteiger partial charge is 0.227 e. The molecule has 0 radical (unpaired) electrons. The molecule has 1 amide bonds. The Bertz CT molecular complexity index is 1030. The number of nitrogens with one attached hydrogen (secondary N) is 1. The Hall–Kier alpha value is -3.61. The highest BCUT2D eigenvalue weighted by atomic mass is 16.5. The summed E-state index contributed by atoms with van der Waals surface area (Å²) in [5, 5.41) is 3.00. The van der Waals surface area contributed by atoms with Crippen LogP contribution in [-0.4, -0.2) is 43.2 Å². The van der Waals surface area contributed by atoms with Gasteiger partial charge in [0.1, 0.15) is 17.3 Å². The van der Waals surface area contributed by atoms with Crippen molar-refractivity contribution in [3.05, 3.63) is 60.8 Å². The van der Waals surface area contributed by atoms with Crippen molar-refractivity contribution in [3.8, 4) is 22.9 Å². The minimum atomic E-state index is -0.0570. The number of anilines is 2. The number of rotatable bonds is 6. The Balaban J connectivity index is 1.38. The van der Waals surface area contributed by atoms with E-state index in [4.69, 9.17) is 14.5 Å². The van der Waals surface area contributed by atoms with Gasteiger partial charge in [-0.1, -0.05) is 30.3 Å². The highest BCUT2D eigenvalue weighted by Crippen LogP contribution is 2.31. The van der Waals surface area contributed by atoms with Gasteiger partial charge in [-0.3, -0.25) is 4.79 Å². The first-order valence-corrected chi connectivity index (χ1v) is 10.3. The lowest BCUT2D eigenvalue weighted by Gasteiger charge is -2.32. The molecule has 7 heteroatoms. The lowest BCUT2D eigenvalue weighted by atomic mass is 9.95. The van der Waals surface area contributed by atoms with Crippen LogP contribution >= 0.6 is 0 Å². The number of hydrogen-bond donors (Lipinski definition) is 1. The molecule has 3 aromatic rings. The number of carbonyl (C=O) groups excluding carboxylic acids is 1. The third-order valence-corrected chi connectivity index (χ3v) is 5.53. The molecule has 2 heterocycles. The van der Waals surface area contributed by atoms with Gasteiger partial charge in [0.2, 0.25) is 5.91 Å². The van der Waals surface area contributed by atoms with Crippen molar-refractivity contribution < 1.29 is 14.3 Å². The normalized spacial score (nSPS) is 14.2. The van der Waals surface area contributed by atoms with E-state index >= 15 is 0 Å². The molecule has 0 spiro atoms. The fourth-order valence-corrected chi connectivity index (χ4v) is 3.76. The molecule has 1 saturated heterocycles. The minimum Gasteiger partial charge on any atom is -0.497 e. The Morgan fingerprint density at radius 1 is 1.03 bits per heavy atom. The van der Waals surface area contributed by atoms with Crippen LogP contribution in [0.5, 0.6) is 11.5 Å². The Morgan fingerprint density at radius 2 is 1.81 bits per heavy atom. The van der Waals surface area contributed by atoms with Gasteiger partial charge in [0.25, 0.3) is 0 Å². The van der Waals surface area contributed by atoms with Gasteiger partial charge in [-0.15, -0.1) is 0 Å².